The van der Waals surface area contributed by atoms with Crippen molar-refractivity contribution in [2.75, 3.05) is 31.5 Å². The van der Waals surface area contributed by atoms with Crippen LogP contribution in [0, 0.1) is 12.8 Å². The minimum atomic E-state index is 0.592. The van der Waals surface area contributed by atoms with E-state index in [0.29, 0.717) is 5.92 Å². The normalized spacial score (nSPS) is 18.0. The summed E-state index contributed by atoms with van der Waals surface area (Å²) in [4.78, 5) is 6.97. The van der Waals surface area contributed by atoms with Gasteiger partial charge in [-0.05, 0) is 38.8 Å². The smallest absolute Gasteiger partial charge is 0.203 e. The van der Waals surface area contributed by atoms with Gasteiger partial charge in [0.1, 0.15) is 5.82 Å². The predicted molar refractivity (Wildman–Crippen MR) is 83.5 cm³/mol. The highest BCUT2D eigenvalue weighted by Crippen LogP contribution is 2.14. The molecular formula is C15H24N6. The maximum Gasteiger partial charge on any atom is 0.203 e. The van der Waals surface area contributed by atoms with Crippen LogP contribution in [0.3, 0.4) is 0 Å². The number of aryl methyl sites for hydroxylation is 1. The Morgan fingerprint density at radius 3 is 2.86 bits per heavy atom. The number of piperidine rings is 1. The van der Waals surface area contributed by atoms with Crippen molar-refractivity contribution in [3.63, 3.8) is 0 Å². The van der Waals surface area contributed by atoms with Gasteiger partial charge in [0.2, 0.25) is 5.65 Å². The fourth-order valence-electron chi connectivity index (χ4n) is 2.98. The standard InChI is InChI=1S/C15H24N6/c1-12(11-20-7-4-3-5-8-20)10-17-14-15-19-18-13(2)21(15)9-6-16-14/h6,9,12H,3-5,7-8,10-11H2,1-2H3,(H,16,17). The molecule has 3 heterocycles. The lowest BCUT2D eigenvalue weighted by atomic mass is 10.1. The first-order chi connectivity index (χ1) is 10.2. The van der Waals surface area contributed by atoms with Crippen molar-refractivity contribution in [2.24, 2.45) is 5.92 Å². The van der Waals surface area contributed by atoms with Crippen LogP contribution in [0.15, 0.2) is 12.4 Å². The average molecular weight is 288 g/mol. The number of hydrogen-bond acceptors (Lipinski definition) is 5. The lowest BCUT2D eigenvalue weighted by Crippen LogP contribution is -2.35. The molecule has 0 aromatic carbocycles. The first-order valence-corrected chi connectivity index (χ1v) is 7.86. The fourth-order valence-corrected chi connectivity index (χ4v) is 2.98. The van der Waals surface area contributed by atoms with Gasteiger partial charge in [0.05, 0.1) is 0 Å². The van der Waals surface area contributed by atoms with Crippen LogP contribution in [0.2, 0.25) is 0 Å². The maximum absolute atomic E-state index is 4.39. The summed E-state index contributed by atoms with van der Waals surface area (Å²) < 4.78 is 1.96. The molecule has 1 N–H and O–H groups in total. The van der Waals surface area contributed by atoms with Crippen LogP contribution < -0.4 is 5.32 Å². The van der Waals surface area contributed by atoms with Crippen molar-refractivity contribution < 1.29 is 0 Å². The van der Waals surface area contributed by atoms with Crippen LogP contribution in [0.1, 0.15) is 32.0 Å². The summed E-state index contributed by atoms with van der Waals surface area (Å²) in [7, 11) is 0. The summed E-state index contributed by atoms with van der Waals surface area (Å²) in [5.41, 5.74) is 0.806. The summed E-state index contributed by atoms with van der Waals surface area (Å²) >= 11 is 0. The zero-order valence-corrected chi connectivity index (χ0v) is 12.9. The molecule has 2 aromatic heterocycles. The van der Waals surface area contributed by atoms with Crippen LogP contribution in [-0.2, 0) is 0 Å². The highest BCUT2D eigenvalue weighted by Gasteiger charge is 2.14. The Hall–Kier alpha value is -1.69. The van der Waals surface area contributed by atoms with Gasteiger partial charge in [-0.1, -0.05) is 13.3 Å². The molecule has 21 heavy (non-hydrogen) atoms. The molecule has 0 amide bonds. The Morgan fingerprint density at radius 2 is 2.05 bits per heavy atom. The van der Waals surface area contributed by atoms with E-state index in [-0.39, 0.29) is 0 Å². The van der Waals surface area contributed by atoms with Gasteiger partial charge in [0.15, 0.2) is 5.82 Å². The number of nitrogens with one attached hydrogen (secondary N) is 1. The van der Waals surface area contributed by atoms with Crippen LogP contribution in [-0.4, -0.2) is 50.7 Å². The third-order valence-electron chi connectivity index (χ3n) is 4.13. The zero-order valence-electron chi connectivity index (χ0n) is 12.9. The molecule has 1 aliphatic heterocycles. The van der Waals surface area contributed by atoms with E-state index in [9.17, 15) is 0 Å². The molecule has 1 aliphatic rings. The Bertz CT molecular complexity index is 587. The summed E-state index contributed by atoms with van der Waals surface area (Å²) in [5, 5.41) is 11.7. The van der Waals surface area contributed by atoms with E-state index in [0.717, 1.165) is 30.4 Å². The van der Waals surface area contributed by atoms with Gasteiger partial charge < -0.3 is 10.2 Å². The first-order valence-electron chi connectivity index (χ1n) is 7.86. The minimum Gasteiger partial charge on any atom is -0.367 e. The number of rotatable bonds is 5. The van der Waals surface area contributed by atoms with E-state index in [1.165, 1.54) is 32.4 Å². The second-order valence-electron chi connectivity index (χ2n) is 6.06. The highest BCUT2D eigenvalue weighted by molar-refractivity contribution is 5.61. The summed E-state index contributed by atoms with van der Waals surface area (Å²) in [6, 6.07) is 0. The van der Waals surface area contributed by atoms with E-state index in [4.69, 9.17) is 0 Å². The average Bonchev–Trinajstić information content (AvgIpc) is 2.88. The van der Waals surface area contributed by atoms with Gasteiger partial charge in [-0.2, -0.15) is 0 Å². The van der Waals surface area contributed by atoms with Gasteiger partial charge in [-0.15, -0.1) is 10.2 Å². The third kappa shape index (κ3) is 3.32. The molecule has 3 rings (SSSR count). The highest BCUT2D eigenvalue weighted by atomic mass is 15.3. The Balaban J connectivity index is 1.58. The molecular weight excluding hydrogens is 264 g/mol. The Kier molecular flexibility index (Phi) is 4.34. The number of anilines is 1. The van der Waals surface area contributed by atoms with Gasteiger partial charge >= 0.3 is 0 Å². The number of likely N-dealkylation sites (tertiary alicyclic amines) is 1. The van der Waals surface area contributed by atoms with Gasteiger partial charge in [0.25, 0.3) is 0 Å². The molecule has 1 unspecified atom stereocenters. The van der Waals surface area contributed by atoms with Crippen molar-refractivity contribution in [3.8, 4) is 0 Å². The van der Waals surface area contributed by atoms with Crippen LogP contribution in [0.4, 0.5) is 5.82 Å². The first kappa shape index (κ1) is 14.3. The molecule has 0 radical (unpaired) electrons. The molecule has 0 bridgehead atoms. The predicted octanol–water partition coefficient (Wildman–Crippen LogP) is 1.97. The van der Waals surface area contributed by atoms with E-state index in [1.807, 2.05) is 17.5 Å². The Morgan fingerprint density at radius 1 is 1.24 bits per heavy atom. The van der Waals surface area contributed by atoms with E-state index < -0.39 is 0 Å². The summed E-state index contributed by atoms with van der Waals surface area (Å²) in [6.07, 6.45) is 7.77. The van der Waals surface area contributed by atoms with Crippen molar-refractivity contribution in [1.82, 2.24) is 24.5 Å². The van der Waals surface area contributed by atoms with E-state index in [2.05, 4.69) is 32.3 Å². The Labute approximate surface area is 125 Å². The fraction of sp³-hybridized carbons (Fsp3) is 0.667. The minimum absolute atomic E-state index is 0.592. The largest absolute Gasteiger partial charge is 0.367 e. The third-order valence-corrected chi connectivity index (χ3v) is 4.13. The molecule has 0 saturated carbocycles. The monoisotopic (exact) mass is 288 g/mol. The van der Waals surface area contributed by atoms with Crippen molar-refractivity contribution >= 4 is 11.5 Å². The van der Waals surface area contributed by atoms with Gasteiger partial charge in [-0.25, -0.2) is 4.98 Å². The molecule has 1 atom stereocenters. The molecule has 114 valence electrons. The van der Waals surface area contributed by atoms with Crippen molar-refractivity contribution in [2.45, 2.75) is 33.1 Å². The molecule has 6 nitrogen and oxygen atoms in total. The molecule has 0 aliphatic carbocycles. The summed E-state index contributed by atoms with van der Waals surface area (Å²) in [5.74, 6) is 2.30. The van der Waals surface area contributed by atoms with Crippen molar-refractivity contribution in [3.05, 3.63) is 18.2 Å². The second-order valence-corrected chi connectivity index (χ2v) is 6.06. The SMILES string of the molecule is Cc1nnc2c(NCC(C)CN3CCCCC3)nccn12. The van der Waals surface area contributed by atoms with Crippen LogP contribution in [0.25, 0.3) is 5.65 Å². The molecule has 2 aromatic rings. The van der Waals surface area contributed by atoms with Crippen LogP contribution >= 0.6 is 0 Å². The summed E-state index contributed by atoms with van der Waals surface area (Å²) in [6.45, 7) is 8.81. The van der Waals surface area contributed by atoms with Crippen LogP contribution in [0.5, 0.6) is 0 Å². The van der Waals surface area contributed by atoms with E-state index in [1.54, 1.807) is 6.20 Å². The topological polar surface area (TPSA) is 58.4 Å². The van der Waals surface area contributed by atoms with E-state index >= 15 is 0 Å². The molecule has 1 fully saturated rings. The zero-order chi connectivity index (χ0) is 14.7. The van der Waals surface area contributed by atoms with Gasteiger partial charge in [0, 0.05) is 25.5 Å². The molecule has 6 heteroatoms. The second kappa shape index (κ2) is 6.39. The number of aromatic nitrogens is 4. The van der Waals surface area contributed by atoms with Gasteiger partial charge in [-0.3, -0.25) is 4.40 Å². The maximum atomic E-state index is 4.39. The number of fused-ring (bicyclic) bond motifs is 1. The quantitative estimate of drug-likeness (QED) is 0.911. The molecule has 0 spiro atoms. The number of nitrogens with zero attached hydrogens (tertiary/aromatic N) is 5. The van der Waals surface area contributed by atoms with Crippen molar-refractivity contribution in [1.29, 1.82) is 0 Å². The molecule has 1 saturated heterocycles. The lowest BCUT2D eigenvalue weighted by Gasteiger charge is -2.29. The lowest BCUT2D eigenvalue weighted by molar-refractivity contribution is 0.204. The number of hydrogen-bond donors (Lipinski definition) is 1.